The lowest BCUT2D eigenvalue weighted by atomic mass is 9.82. The molecule has 0 fully saturated rings. The number of Topliss-reactive ketones (excluding diaryl/α,β-unsaturated/α-hetero) is 1. The third-order valence-corrected chi connectivity index (χ3v) is 1.79. The van der Waals surface area contributed by atoms with Crippen molar-refractivity contribution in [2.45, 2.75) is 25.2 Å². The standard InChI is InChI=1S/C6H2F10O/c7-2(8)4(3(9)10,6(14,15)16)1(17)5(11,12)13/h2-3H. The van der Waals surface area contributed by atoms with Crippen molar-refractivity contribution in [2.24, 2.45) is 5.41 Å². The topological polar surface area (TPSA) is 17.1 Å². The summed E-state index contributed by atoms with van der Waals surface area (Å²) in [4.78, 5) is 10.2. The van der Waals surface area contributed by atoms with Crippen LogP contribution in [0.3, 0.4) is 0 Å². The highest BCUT2D eigenvalue weighted by atomic mass is 19.4. The molecule has 102 valence electrons. The number of hydrogen-bond acceptors (Lipinski definition) is 1. The average molecular weight is 280 g/mol. The third-order valence-electron chi connectivity index (χ3n) is 1.79. The van der Waals surface area contributed by atoms with E-state index in [-0.39, 0.29) is 0 Å². The summed E-state index contributed by atoms with van der Waals surface area (Å²) in [5.41, 5.74) is -6.05. The van der Waals surface area contributed by atoms with E-state index in [0.29, 0.717) is 0 Å². The lowest BCUT2D eigenvalue weighted by Crippen LogP contribution is -2.59. The molecule has 0 saturated carbocycles. The van der Waals surface area contributed by atoms with Gasteiger partial charge in [0.25, 0.3) is 24.0 Å². The van der Waals surface area contributed by atoms with Gasteiger partial charge in [-0.15, -0.1) is 0 Å². The quantitative estimate of drug-likeness (QED) is 0.725. The minimum atomic E-state index is -6.73. The highest BCUT2D eigenvalue weighted by Gasteiger charge is 2.77. The normalized spacial score (nSPS) is 14.6. The summed E-state index contributed by atoms with van der Waals surface area (Å²) < 4.78 is 119. The molecule has 0 aromatic carbocycles. The zero-order valence-electron chi connectivity index (χ0n) is 7.34. The van der Waals surface area contributed by atoms with Crippen molar-refractivity contribution >= 4 is 5.78 Å². The molecule has 0 aromatic heterocycles. The lowest BCUT2D eigenvalue weighted by molar-refractivity contribution is -0.300. The molecule has 1 nitrogen and oxygen atoms in total. The van der Waals surface area contributed by atoms with Crippen molar-refractivity contribution in [2.75, 3.05) is 0 Å². The molecule has 0 aliphatic rings. The van der Waals surface area contributed by atoms with Crippen molar-refractivity contribution in [3.63, 3.8) is 0 Å². The summed E-state index contributed by atoms with van der Waals surface area (Å²) in [7, 11) is 0. The van der Waals surface area contributed by atoms with Crippen LogP contribution < -0.4 is 0 Å². The first-order chi connectivity index (χ1) is 7.29. The van der Waals surface area contributed by atoms with Crippen molar-refractivity contribution < 1.29 is 48.7 Å². The molecule has 0 heterocycles. The third kappa shape index (κ3) is 2.46. The molecule has 0 unspecified atom stereocenters. The van der Waals surface area contributed by atoms with E-state index in [1.165, 1.54) is 0 Å². The molecule has 0 spiro atoms. The minimum Gasteiger partial charge on any atom is -0.288 e. The molecule has 0 atom stereocenters. The molecule has 0 aliphatic heterocycles. The maximum Gasteiger partial charge on any atom is 0.451 e. The fraction of sp³-hybridized carbons (Fsp3) is 0.833. The molecule has 0 aromatic rings. The maximum absolute atomic E-state index is 12.0. The Bertz CT molecular complexity index is 278. The van der Waals surface area contributed by atoms with Gasteiger partial charge in [-0.25, -0.2) is 17.6 Å². The number of rotatable bonds is 3. The molecule has 0 rings (SSSR count). The number of ketones is 1. The van der Waals surface area contributed by atoms with Crippen LogP contribution in [0.1, 0.15) is 0 Å². The predicted molar refractivity (Wildman–Crippen MR) is 31.6 cm³/mol. The van der Waals surface area contributed by atoms with Gasteiger partial charge in [0, 0.05) is 0 Å². The van der Waals surface area contributed by atoms with Crippen molar-refractivity contribution in [1.29, 1.82) is 0 Å². The van der Waals surface area contributed by atoms with Gasteiger partial charge < -0.3 is 0 Å². The second kappa shape index (κ2) is 4.33. The van der Waals surface area contributed by atoms with Crippen LogP contribution in [0.25, 0.3) is 0 Å². The number of carbonyl (C=O) groups is 1. The van der Waals surface area contributed by atoms with Crippen LogP contribution in [0, 0.1) is 5.41 Å². The van der Waals surface area contributed by atoms with Crippen LogP contribution in [0.5, 0.6) is 0 Å². The van der Waals surface area contributed by atoms with Gasteiger partial charge in [-0.1, -0.05) is 0 Å². The van der Waals surface area contributed by atoms with E-state index >= 15 is 0 Å². The molecule has 0 saturated heterocycles. The molecular formula is C6H2F10O. The van der Waals surface area contributed by atoms with Crippen LogP contribution in [0.4, 0.5) is 43.9 Å². The van der Waals surface area contributed by atoms with Crippen molar-refractivity contribution in [1.82, 2.24) is 0 Å². The molecule has 0 N–H and O–H groups in total. The van der Waals surface area contributed by atoms with Gasteiger partial charge in [0.1, 0.15) is 0 Å². The zero-order valence-corrected chi connectivity index (χ0v) is 7.34. The van der Waals surface area contributed by atoms with E-state index in [1.807, 2.05) is 0 Å². The van der Waals surface area contributed by atoms with E-state index in [4.69, 9.17) is 0 Å². The van der Waals surface area contributed by atoms with Crippen LogP contribution >= 0.6 is 0 Å². The monoisotopic (exact) mass is 280 g/mol. The number of halogens is 10. The van der Waals surface area contributed by atoms with Gasteiger partial charge >= 0.3 is 12.4 Å². The summed E-state index contributed by atoms with van der Waals surface area (Å²) in [6, 6.07) is 0. The van der Waals surface area contributed by atoms with Crippen LogP contribution in [-0.4, -0.2) is 31.0 Å². The Kier molecular flexibility index (Phi) is 4.07. The van der Waals surface area contributed by atoms with E-state index in [9.17, 15) is 48.7 Å². The van der Waals surface area contributed by atoms with Gasteiger partial charge in [-0.2, -0.15) is 26.3 Å². The number of carbonyl (C=O) groups excluding carboxylic acids is 1. The summed E-state index contributed by atoms with van der Waals surface area (Å²) in [5, 5.41) is 0. The van der Waals surface area contributed by atoms with E-state index < -0.39 is 36.4 Å². The molecule has 11 heteroatoms. The number of hydrogen-bond donors (Lipinski definition) is 0. The fourth-order valence-electron chi connectivity index (χ4n) is 0.904. The van der Waals surface area contributed by atoms with Gasteiger partial charge in [0.2, 0.25) is 0 Å². The Labute approximate surface area is 86.4 Å². The Morgan fingerprint density at radius 3 is 1.12 bits per heavy atom. The Morgan fingerprint density at radius 2 is 1.06 bits per heavy atom. The predicted octanol–water partition coefficient (Wildman–Crippen LogP) is 3.20. The highest BCUT2D eigenvalue weighted by molar-refractivity contribution is 5.91. The Hall–Kier alpha value is -1.03. The van der Waals surface area contributed by atoms with E-state index in [2.05, 4.69) is 0 Å². The van der Waals surface area contributed by atoms with Gasteiger partial charge in [0.05, 0.1) is 0 Å². The van der Waals surface area contributed by atoms with E-state index in [1.54, 1.807) is 0 Å². The molecule has 0 aliphatic carbocycles. The van der Waals surface area contributed by atoms with Crippen molar-refractivity contribution in [3.8, 4) is 0 Å². The van der Waals surface area contributed by atoms with Gasteiger partial charge in [0.15, 0.2) is 0 Å². The Balaban J connectivity index is 5.95. The first kappa shape index (κ1) is 16.0. The molecule has 17 heavy (non-hydrogen) atoms. The van der Waals surface area contributed by atoms with Crippen LogP contribution in [0.15, 0.2) is 0 Å². The highest BCUT2D eigenvalue weighted by Crippen LogP contribution is 2.51. The zero-order chi connectivity index (χ0) is 14.2. The number of alkyl halides is 10. The lowest BCUT2D eigenvalue weighted by Gasteiger charge is -2.32. The largest absolute Gasteiger partial charge is 0.451 e. The first-order valence-electron chi connectivity index (χ1n) is 3.54. The second-order valence-corrected chi connectivity index (χ2v) is 2.80. The SMILES string of the molecule is O=C(C(F)(F)F)C(C(F)F)(C(F)F)C(F)(F)F. The minimum absolute atomic E-state index is 4.22. The molecular weight excluding hydrogens is 278 g/mol. The maximum atomic E-state index is 12.0. The second-order valence-electron chi connectivity index (χ2n) is 2.80. The van der Waals surface area contributed by atoms with Crippen molar-refractivity contribution in [3.05, 3.63) is 0 Å². The molecule has 0 radical (unpaired) electrons. The summed E-state index contributed by atoms with van der Waals surface area (Å²) >= 11 is 0. The molecule has 0 amide bonds. The van der Waals surface area contributed by atoms with E-state index in [0.717, 1.165) is 0 Å². The molecule has 0 bridgehead atoms. The smallest absolute Gasteiger partial charge is 0.288 e. The Morgan fingerprint density at radius 1 is 0.765 bits per heavy atom. The summed E-state index contributed by atoms with van der Waals surface area (Å²) in [6.45, 7) is 0. The first-order valence-corrected chi connectivity index (χ1v) is 3.54. The van der Waals surface area contributed by atoms with Gasteiger partial charge in [-0.3, -0.25) is 4.79 Å². The van der Waals surface area contributed by atoms with Crippen LogP contribution in [0.2, 0.25) is 0 Å². The average Bonchev–Trinajstić information content (AvgIpc) is 1.97. The summed E-state index contributed by atoms with van der Waals surface area (Å²) in [5.74, 6) is -4.22. The van der Waals surface area contributed by atoms with Crippen LogP contribution in [-0.2, 0) is 4.79 Å². The fourth-order valence-corrected chi connectivity index (χ4v) is 0.904. The summed E-state index contributed by atoms with van der Waals surface area (Å²) in [6.07, 6.45) is -23.7. The van der Waals surface area contributed by atoms with Gasteiger partial charge in [-0.05, 0) is 0 Å².